The van der Waals surface area contributed by atoms with Crippen molar-refractivity contribution in [1.29, 1.82) is 0 Å². The minimum Gasteiger partial charge on any atom is -0.398 e. The molecule has 1 aromatic rings. The van der Waals surface area contributed by atoms with Gasteiger partial charge in [0.05, 0.1) is 11.5 Å². The maximum absolute atomic E-state index is 13.9. The van der Waals surface area contributed by atoms with Gasteiger partial charge in [0.25, 0.3) is 0 Å². The summed E-state index contributed by atoms with van der Waals surface area (Å²) in [5.41, 5.74) is 5.68. The zero-order valence-corrected chi connectivity index (χ0v) is 14.3. The molecule has 2 N–H and O–H groups in total. The Labute approximate surface area is 131 Å². The fraction of sp³-hybridized carbons (Fsp3) is 0.455. The van der Waals surface area contributed by atoms with Crippen molar-refractivity contribution in [2.75, 3.05) is 24.3 Å². The van der Waals surface area contributed by atoms with Gasteiger partial charge in [0.1, 0.15) is 10.7 Å². The standard InChI is InChI=1S/C11H14BrFN2O4S2/c1-15(7-2-3-20(16,17)6-7)21(18,19)11-5-10(14)8(12)4-9(11)13/h4-5,7H,2-3,6,14H2,1H3. The van der Waals surface area contributed by atoms with Crippen LogP contribution in [0.1, 0.15) is 6.42 Å². The fourth-order valence-corrected chi connectivity index (χ4v) is 5.80. The molecule has 1 aromatic carbocycles. The van der Waals surface area contributed by atoms with Crippen LogP contribution in [-0.4, -0.2) is 45.7 Å². The molecule has 2 rings (SSSR count). The molecule has 0 bridgehead atoms. The third-order valence-corrected chi connectivity index (χ3v) is 7.79. The van der Waals surface area contributed by atoms with E-state index in [1.54, 1.807) is 0 Å². The maximum atomic E-state index is 13.9. The van der Waals surface area contributed by atoms with Crippen LogP contribution < -0.4 is 5.73 Å². The van der Waals surface area contributed by atoms with Crippen LogP contribution in [0.3, 0.4) is 0 Å². The molecule has 21 heavy (non-hydrogen) atoms. The average molecular weight is 401 g/mol. The average Bonchev–Trinajstić information content (AvgIpc) is 2.73. The summed E-state index contributed by atoms with van der Waals surface area (Å²) < 4.78 is 62.9. The SMILES string of the molecule is CN(C1CCS(=O)(=O)C1)S(=O)(=O)c1cc(N)c(Br)cc1F. The summed E-state index contributed by atoms with van der Waals surface area (Å²) in [5, 5.41) is 0. The molecule has 1 atom stereocenters. The molecule has 0 saturated carbocycles. The first-order chi connectivity index (χ1) is 9.54. The van der Waals surface area contributed by atoms with Crippen LogP contribution >= 0.6 is 15.9 Å². The van der Waals surface area contributed by atoms with Gasteiger partial charge in [-0.25, -0.2) is 21.2 Å². The fourth-order valence-electron chi connectivity index (χ4n) is 2.16. The van der Waals surface area contributed by atoms with E-state index in [0.29, 0.717) is 0 Å². The van der Waals surface area contributed by atoms with Crippen LogP contribution in [0.2, 0.25) is 0 Å². The highest BCUT2D eigenvalue weighted by molar-refractivity contribution is 9.10. The zero-order valence-electron chi connectivity index (χ0n) is 11.1. The topological polar surface area (TPSA) is 97.5 Å². The molecule has 0 radical (unpaired) electrons. The molecule has 10 heteroatoms. The summed E-state index contributed by atoms with van der Waals surface area (Å²) in [5.74, 6) is -1.26. The van der Waals surface area contributed by atoms with Crippen molar-refractivity contribution in [3.63, 3.8) is 0 Å². The molecule has 1 saturated heterocycles. The minimum absolute atomic E-state index is 0.0670. The highest BCUT2D eigenvalue weighted by Gasteiger charge is 2.37. The zero-order chi connectivity index (χ0) is 16.0. The third-order valence-electron chi connectivity index (χ3n) is 3.43. The Balaban J connectivity index is 2.41. The van der Waals surface area contributed by atoms with Crippen molar-refractivity contribution in [2.24, 2.45) is 0 Å². The van der Waals surface area contributed by atoms with Gasteiger partial charge in [-0.15, -0.1) is 0 Å². The van der Waals surface area contributed by atoms with E-state index in [0.717, 1.165) is 16.4 Å². The molecule has 0 spiro atoms. The Bertz CT molecular complexity index is 780. The number of benzene rings is 1. The summed E-state index contributed by atoms with van der Waals surface area (Å²) in [6.45, 7) is 0. The van der Waals surface area contributed by atoms with Crippen LogP contribution in [0.25, 0.3) is 0 Å². The van der Waals surface area contributed by atoms with Crippen molar-refractivity contribution in [2.45, 2.75) is 17.4 Å². The van der Waals surface area contributed by atoms with E-state index in [1.807, 2.05) is 0 Å². The van der Waals surface area contributed by atoms with Crippen LogP contribution in [0.4, 0.5) is 10.1 Å². The molecular weight excluding hydrogens is 387 g/mol. The Morgan fingerprint density at radius 3 is 2.57 bits per heavy atom. The van der Waals surface area contributed by atoms with Crippen LogP contribution in [-0.2, 0) is 19.9 Å². The van der Waals surface area contributed by atoms with Crippen molar-refractivity contribution in [3.8, 4) is 0 Å². The summed E-state index contributed by atoms with van der Waals surface area (Å²) in [7, 11) is -6.14. The molecule has 6 nitrogen and oxygen atoms in total. The monoisotopic (exact) mass is 400 g/mol. The first-order valence-corrected chi connectivity index (χ1v) is 10.0. The molecule has 1 unspecified atom stereocenters. The van der Waals surface area contributed by atoms with Gasteiger partial charge in [0, 0.05) is 23.2 Å². The van der Waals surface area contributed by atoms with Crippen molar-refractivity contribution < 1.29 is 21.2 Å². The highest BCUT2D eigenvalue weighted by atomic mass is 79.9. The second-order valence-electron chi connectivity index (χ2n) is 4.88. The summed E-state index contributed by atoms with van der Waals surface area (Å²) >= 11 is 3.01. The number of halogens is 2. The quantitative estimate of drug-likeness (QED) is 0.762. The maximum Gasteiger partial charge on any atom is 0.246 e. The van der Waals surface area contributed by atoms with Gasteiger partial charge in [-0.2, -0.15) is 4.31 Å². The normalized spacial score (nSPS) is 21.8. The number of sulfone groups is 1. The van der Waals surface area contributed by atoms with E-state index in [9.17, 15) is 21.2 Å². The third kappa shape index (κ3) is 3.22. The summed E-state index contributed by atoms with van der Waals surface area (Å²) in [6, 6.07) is 1.31. The number of nitrogens with two attached hydrogens (primary N) is 1. The first kappa shape index (κ1) is 16.7. The predicted octanol–water partition coefficient (Wildman–Crippen LogP) is 0.978. The molecule has 1 aliphatic heterocycles. The number of rotatable bonds is 3. The Morgan fingerprint density at radius 2 is 2.05 bits per heavy atom. The lowest BCUT2D eigenvalue weighted by Crippen LogP contribution is -2.38. The lowest BCUT2D eigenvalue weighted by molar-refractivity contribution is 0.391. The Kier molecular flexibility index (Phi) is 4.35. The molecule has 1 aliphatic rings. The lowest BCUT2D eigenvalue weighted by atomic mass is 10.3. The number of nitrogens with zero attached hydrogens (tertiary/aromatic N) is 1. The van der Waals surface area contributed by atoms with Crippen molar-refractivity contribution in [1.82, 2.24) is 4.31 Å². The van der Waals surface area contributed by atoms with E-state index in [-0.39, 0.29) is 28.1 Å². The predicted molar refractivity (Wildman–Crippen MR) is 80.5 cm³/mol. The van der Waals surface area contributed by atoms with Crippen LogP contribution in [0.5, 0.6) is 0 Å². The lowest BCUT2D eigenvalue weighted by Gasteiger charge is -2.23. The van der Waals surface area contributed by atoms with Gasteiger partial charge < -0.3 is 5.73 Å². The second kappa shape index (κ2) is 5.49. The van der Waals surface area contributed by atoms with E-state index < -0.39 is 36.6 Å². The number of anilines is 1. The number of hydrogen-bond acceptors (Lipinski definition) is 5. The van der Waals surface area contributed by atoms with E-state index >= 15 is 0 Å². The van der Waals surface area contributed by atoms with Crippen LogP contribution in [0.15, 0.2) is 21.5 Å². The van der Waals surface area contributed by atoms with Gasteiger partial charge in [0.2, 0.25) is 10.0 Å². The Hall–Kier alpha value is -0.710. The molecule has 0 aromatic heterocycles. The molecular formula is C11H14BrFN2O4S2. The van der Waals surface area contributed by atoms with E-state index in [1.165, 1.54) is 7.05 Å². The van der Waals surface area contributed by atoms with Gasteiger partial charge in [-0.3, -0.25) is 0 Å². The van der Waals surface area contributed by atoms with Crippen molar-refractivity contribution in [3.05, 3.63) is 22.4 Å². The van der Waals surface area contributed by atoms with Crippen LogP contribution in [0, 0.1) is 5.82 Å². The second-order valence-corrected chi connectivity index (χ2v) is 9.93. The van der Waals surface area contributed by atoms with E-state index in [4.69, 9.17) is 5.73 Å². The summed E-state index contributed by atoms with van der Waals surface area (Å²) in [6.07, 6.45) is 0.200. The molecule has 0 aliphatic carbocycles. The first-order valence-electron chi connectivity index (χ1n) is 5.97. The van der Waals surface area contributed by atoms with Crippen molar-refractivity contribution >= 4 is 41.5 Å². The molecule has 0 amide bonds. The van der Waals surface area contributed by atoms with Gasteiger partial charge in [-0.1, -0.05) is 0 Å². The smallest absolute Gasteiger partial charge is 0.246 e. The minimum atomic E-state index is -4.15. The van der Waals surface area contributed by atoms with E-state index in [2.05, 4.69) is 15.9 Å². The largest absolute Gasteiger partial charge is 0.398 e. The van der Waals surface area contributed by atoms with Gasteiger partial charge in [0.15, 0.2) is 9.84 Å². The number of sulfonamides is 1. The molecule has 1 heterocycles. The summed E-state index contributed by atoms with van der Waals surface area (Å²) in [4.78, 5) is -0.560. The Morgan fingerprint density at radius 1 is 1.43 bits per heavy atom. The number of hydrogen-bond donors (Lipinski definition) is 1. The highest BCUT2D eigenvalue weighted by Crippen LogP contribution is 2.29. The van der Waals surface area contributed by atoms with Gasteiger partial charge in [-0.05, 0) is 34.5 Å². The number of nitrogen functional groups attached to an aromatic ring is 1. The molecule has 118 valence electrons. The molecule has 1 fully saturated rings. The van der Waals surface area contributed by atoms with Gasteiger partial charge >= 0.3 is 0 Å².